The van der Waals surface area contributed by atoms with E-state index >= 15 is 0 Å². The Hall–Kier alpha value is -0.350. The molecule has 0 aliphatic rings. The normalized spacial score (nSPS) is 11.2. The first-order chi connectivity index (χ1) is 8.47. The van der Waals surface area contributed by atoms with Crippen LogP contribution in [0.3, 0.4) is 0 Å². The summed E-state index contributed by atoms with van der Waals surface area (Å²) in [7, 11) is -3.50. The van der Waals surface area contributed by atoms with Crippen molar-refractivity contribution in [3.8, 4) is 0 Å². The van der Waals surface area contributed by atoms with Crippen molar-refractivity contribution in [3.63, 3.8) is 0 Å². The van der Waals surface area contributed by atoms with E-state index in [1.54, 1.807) is 36.4 Å². The molecule has 0 fully saturated rings. The van der Waals surface area contributed by atoms with Crippen LogP contribution in [0, 0.1) is 7.14 Å². The second-order valence-corrected chi connectivity index (χ2v) is 7.74. The van der Waals surface area contributed by atoms with Crippen molar-refractivity contribution in [1.82, 2.24) is 0 Å². The Morgan fingerprint density at radius 1 is 0.778 bits per heavy atom. The second kappa shape index (κ2) is 5.74. The molecule has 94 valence electrons. The van der Waals surface area contributed by atoms with Gasteiger partial charge >= 0.3 is 0 Å². The maximum Gasteiger partial charge on any atom is 0.261 e. The van der Waals surface area contributed by atoms with Crippen LogP contribution in [0.2, 0.25) is 0 Å². The summed E-state index contributed by atoms with van der Waals surface area (Å²) < 4.78 is 28.8. The largest absolute Gasteiger partial charge is 0.280 e. The van der Waals surface area contributed by atoms with Crippen LogP contribution in [0.4, 0.5) is 5.69 Å². The van der Waals surface area contributed by atoms with Crippen LogP contribution in [0.15, 0.2) is 53.4 Å². The minimum absolute atomic E-state index is 0.265. The van der Waals surface area contributed by atoms with Crippen LogP contribution in [-0.2, 0) is 10.0 Å². The van der Waals surface area contributed by atoms with E-state index in [0.717, 1.165) is 7.14 Å². The molecule has 0 aliphatic carbocycles. The smallest absolute Gasteiger partial charge is 0.261 e. The predicted molar refractivity (Wildman–Crippen MR) is 89.1 cm³/mol. The average Bonchev–Trinajstić information content (AvgIpc) is 2.32. The maximum absolute atomic E-state index is 12.1. The quantitative estimate of drug-likeness (QED) is 0.675. The van der Waals surface area contributed by atoms with Crippen molar-refractivity contribution >= 4 is 60.9 Å². The molecule has 0 atom stereocenters. The Morgan fingerprint density at radius 3 is 1.72 bits per heavy atom. The molecule has 18 heavy (non-hydrogen) atoms. The van der Waals surface area contributed by atoms with Crippen LogP contribution in [-0.4, -0.2) is 8.42 Å². The summed E-state index contributed by atoms with van der Waals surface area (Å²) >= 11 is 4.31. The molecule has 2 aromatic rings. The Balaban J connectivity index is 2.27. The Bertz CT molecular complexity index is 637. The Labute approximate surface area is 133 Å². The molecule has 0 amide bonds. The summed E-state index contributed by atoms with van der Waals surface area (Å²) in [6.07, 6.45) is 0. The molecule has 2 rings (SSSR count). The minimum atomic E-state index is -3.50. The average molecular weight is 485 g/mol. The highest BCUT2D eigenvalue weighted by molar-refractivity contribution is 14.1. The van der Waals surface area contributed by atoms with Gasteiger partial charge in [-0.05, 0) is 93.7 Å². The first kappa shape index (κ1) is 14.1. The number of sulfonamides is 1. The minimum Gasteiger partial charge on any atom is -0.280 e. The van der Waals surface area contributed by atoms with Gasteiger partial charge in [-0.3, -0.25) is 4.72 Å². The van der Waals surface area contributed by atoms with Gasteiger partial charge in [-0.25, -0.2) is 8.42 Å². The third kappa shape index (κ3) is 3.58. The molecule has 0 radical (unpaired) electrons. The molecule has 0 unspecified atom stereocenters. The van der Waals surface area contributed by atoms with Gasteiger partial charge in [-0.2, -0.15) is 0 Å². The van der Waals surface area contributed by atoms with E-state index in [2.05, 4.69) is 49.9 Å². The molecule has 0 aromatic heterocycles. The lowest BCUT2D eigenvalue weighted by Gasteiger charge is -2.08. The number of hydrogen-bond acceptors (Lipinski definition) is 2. The zero-order valence-electron chi connectivity index (χ0n) is 9.10. The highest BCUT2D eigenvalue weighted by atomic mass is 127. The van der Waals surface area contributed by atoms with Gasteiger partial charge in [-0.15, -0.1) is 0 Å². The number of nitrogens with one attached hydrogen (secondary N) is 1. The first-order valence-electron chi connectivity index (χ1n) is 5.01. The summed E-state index contributed by atoms with van der Waals surface area (Å²) in [5.74, 6) is 0. The molecule has 0 saturated heterocycles. The standard InChI is InChI=1S/C12H9I2NO2S/c13-9-1-5-11(6-2-9)15-18(16,17)12-7-3-10(14)4-8-12/h1-8,15H. The van der Waals surface area contributed by atoms with Crippen LogP contribution in [0.25, 0.3) is 0 Å². The maximum atomic E-state index is 12.1. The molecule has 0 bridgehead atoms. The van der Waals surface area contributed by atoms with Crippen LogP contribution in [0.5, 0.6) is 0 Å². The van der Waals surface area contributed by atoms with E-state index in [9.17, 15) is 8.42 Å². The van der Waals surface area contributed by atoms with E-state index in [-0.39, 0.29) is 4.90 Å². The fraction of sp³-hybridized carbons (Fsp3) is 0. The summed E-state index contributed by atoms with van der Waals surface area (Å²) in [6, 6.07) is 13.9. The number of benzene rings is 2. The zero-order valence-corrected chi connectivity index (χ0v) is 14.2. The van der Waals surface area contributed by atoms with E-state index in [4.69, 9.17) is 0 Å². The third-order valence-corrected chi connectivity index (χ3v) is 5.06. The lowest BCUT2D eigenvalue weighted by atomic mass is 10.3. The molecule has 0 aliphatic heterocycles. The molecule has 0 spiro atoms. The molecular formula is C12H9I2NO2S. The number of halogens is 2. The van der Waals surface area contributed by atoms with E-state index in [1.807, 2.05) is 12.1 Å². The van der Waals surface area contributed by atoms with Gasteiger partial charge in [0, 0.05) is 12.8 Å². The zero-order chi connectivity index (χ0) is 13.2. The topological polar surface area (TPSA) is 46.2 Å². The van der Waals surface area contributed by atoms with Gasteiger partial charge < -0.3 is 0 Å². The van der Waals surface area contributed by atoms with Crippen molar-refractivity contribution in [1.29, 1.82) is 0 Å². The summed E-state index contributed by atoms with van der Waals surface area (Å²) in [4.78, 5) is 0.265. The van der Waals surface area contributed by atoms with E-state index in [1.165, 1.54) is 0 Å². The van der Waals surface area contributed by atoms with Gasteiger partial charge in [0.15, 0.2) is 0 Å². The monoisotopic (exact) mass is 485 g/mol. The van der Waals surface area contributed by atoms with Crippen molar-refractivity contribution in [3.05, 3.63) is 55.7 Å². The highest BCUT2D eigenvalue weighted by Crippen LogP contribution is 2.18. The summed E-state index contributed by atoms with van der Waals surface area (Å²) in [6.45, 7) is 0. The number of hydrogen-bond donors (Lipinski definition) is 1. The number of anilines is 1. The Morgan fingerprint density at radius 2 is 1.22 bits per heavy atom. The Kier molecular flexibility index (Phi) is 4.49. The molecule has 2 aromatic carbocycles. The van der Waals surface area contributed by atoms with Crippen LogP contribution < -0.4 is 4.72 Å². The van der Waals surface area contributed by atoms with Crippen molar-refractivity contribution in [2.75, 3.05) is 4.72 Å². The molecule has 1 N–H and O–H groups in total. The van der Waals surface area contributed by atoms with Gasteiger partial charge in [0.2, 0.25) is 0 Å². The van der Waals surface area contributed by atoms with Crippen molar-refractivity contribution < 1.29 is 8.42 Å². The van der Waals surface area contributed by atoms with Gasteiger partial charge in [0.05, 0.1) is 4.90 Å². The fourth-order valence-electron chi connectivity index (χ4n) is 1.35. The van der Waals surface area contributed by atoms with E-state index in [0.29, 0.717) is 5.69 Å². The van der Waals surface area contributed by atoms with Crippen LogP contribution in [0.1, 0.15) is 0 Å². The van der Waals surface area contributed by atoms with Crippen molar-refractivity contribution in [2.45, 2.75) is 4.90 Å². The lowest BCUT2D eigenvalue weighted by Crippen LogP contribution is -2.12. The fourth-order valence-corrected chi connectivity index (χ4v) is 3.12. The lowest BCUT2D eigenvalue weighted by molar-refractivity contribution is 0.601. The molecule has 6 heteroatoms. The first-order valence-corrected chi connectivity index (χ1v) is 8.65. The van der Waals surface area contributed by atoms with E-state index < -0.39 is 10.0 Å². The van der Waals surface area contributed by atoms with Crippen molar-refractivity contribution in [2.24, 2.45) is 0 Å². The van der Waals surface area contributed by atoms with Crippen LogP contribution >= 0.6 is 45.2 Å². The molecule has 0 heterocycles. The molecule has 0 saturated carbocycles. The molecular weight excluding hydrogens is 476 g/mol. The third-order valence-electron chi connectivity index (χ3n) is 2.22. The second-order valence-electron chi connectivity index (χ2n) is 3.57. The predicted octanol–water partition coefficient (Wildman–Crippen LogP) is 3.70. The SMILES string of the molecule is O=S(=O)(Nc1ccc(I)cc1)c1ccc(I)cc1. The van der Waals surface area contributed by atoms with Gasteiger partial charge in [0.25, 0.3) is 10.0 Å². The van der Waals surface area contributed by atoms with Gasteiger partial charge in [-0.1, -0.05) is 0 Å². The summed E-state index contributed by atoms with van der Waals surface area (Å²) in [5, 5.41) is 0. The summed E-state index contributed by atoms with van der Waals surface area (Å²) in [5.41, 5.74) is 0.564. The van der Waals surface area contributed by atoms with Gasteiger partial charge in [0.1, 0.15) is 0 Å². The highest BCUT2D eigenvalue weighted by Gasteiger charge is 2.13. The molecule has 3 nitrogen and oxygen atoms in total. The number of rotatable bonds is 3.